The van der Waals surface area contributed by atoms with Crippen LogP contribution in [0.1, 0.15) is 18.4 Å². The molecule has 3 nitrogen and oxygen atoms in total. The smallest absolute Gasteiger partial charge is 0.125 e. The van der Waals surface area contributed by atoms with Crippen molar-refractivity contribution in [2.45, 2.75) is 20.3 Å². The molecular formula is C8H9N3. The first-order valence-electron chi connectivity index (χ1n) is 3.62. The predicted molar refractivity (Wildman–Crippen MR) is 43.2 cm³/mol. The molecule has 0 saturated carbocycles. The average Bonchev–Trinajstić information content (AvgIpc) is 2.27. The Kier molecular flexibility index (Phi) is 1.24. The predicted octanol–water partition coefficient (Wildman–Crippen LogP) is 1.43. The van der Waals surface area contributed by atoms with Crippen LogP contribution in [-0.4, -0.2) is 15.7 Å². The van der Waals surface area contributed by atoms with E-state index < -0.39 is 0 Å². The number of nitrogens with zero attached hydrogens (tertiary/aromatic N) is 3. The van der Waals surface area contributed by atoms with Gasteiger partial charge in [0.25, 0.3) is 0 Å². The van der Waals surface area contributed by atoms with Crippen LogP contribution in [0.5, 0.6) is 0 Å². The SMILES string of the molecule is CC1=Nc2cnc(C)nc2C1. The Balaban J connectivity index is 2.52. The maximum absolute atomic E-state index is 4.28. The molecule has 3 heteroatoms. The summed E-state index contributed by atoms with van der Waals surface area (Å²) in [7, 11) is 0. The minimum Gasteiger partial charge on any atom is -0.254 e. The molecule has 1 aromatic rings. The van der Waals surface area contributed by atoms with Gasteiger partial charge in [0.05, 0.1) is 11.9 Å². The van der Waals surface area contributed by atoms with Gasteiger partial charge in [0, 0.05) is 12.1 Å². The molecule has 0 amide bonds. The first-order valence-corrected chi connectivity index (χ1v) is 3.62. The van der Waals surface area contributed by atoms with Crippen molar-refractivity contribution in [1.82, 2.24) is 9.97 Å². The van der Waals surface area contributed by atoms with Crippen LogP contribution in [0.3, 0.4) is 0 Å². The lowest BCUT2D eigenvalue weighted by molar-refractivity contribution is 1.01. The molecular weight excluding hydrogens is 138 g/mol. The molecule has 1 aliphatic rings. The second-order valence-electron chi connectivity index (χ2n) is 2.77. The highest BCUT2D eigenvalue weighted by Crippen LogP contribution is 2.22. The van der Waals surface area contributed by atoms with Gasteiger partial charge in [-0.15, -0.1) is 0 Å². The molecule has 0 bridgehead atoms. The van der Waals surface area contributed by atoms with E-state index in [0.29, 0.717) is 0 Å². The Morgan fingerprint density at radius 2 is 2.18 bits per heavy atom. The number of aliphatic imine (C=N–C) groups is 1. The Bertz CT molecular complexity index is 328. The van der Waals surface area contributed by atoms with E-state index in [1.807, 2.05) is 13.8 Å². The van der Waals surface area contributed by atoms with Gasteiger partial charge in [-0.2, -0.15) is 0 Å². The number of hydrogen-bond acceptors (Lipinski definition) is 3. The summed E-state index contributed by atoms with van der Waals surface area (Å²) in [6, 6.07) is 0. The van der Waals surface area contributed by atoms with E-state index in [4.69, 9.17) is 0 Å². The fourth-order valence-electron chi connectivity index (χ4n) is 1.22. The van der Waals surface area contributed by atoms with Crippen molar-refractivity contribution in [2.24, 2.45) is 4.99 Å². The van der Waals surface area contributed by atoms with Crippen molar-refractivity contribution in [1.29, 1.82) is 0 Å². The molecule has 0 N–H and O–H groups in total. The summed E-state index contributed by atoms with van der Waals surface area (Å²) in [5.41, 5.74) is 3.13. The molecule has 1 aromatic heterocycles. The molecule has 2 heterocycles. The maximum atomic E-state index is 4.28. The van der Waals surface area contributed by atoms with Gasteiger partial charge >= 0.3 is 0 Å². The number of aromatic nitrogens is 2. The molecule has 0 radical (unpaired) electrons. The van der Waals surface area contributed by atoms with E-state index in [2.05, 4.69) is 15.0 Å². The highest BCUT2D eigenvalue weighted by molar-refractivity contribution is 5.91. The number of aryl methyl sites for hydroxylation is 1. The number of rotatable bonds is 0. The van der Waals surface area contributed by atoms with Crippen LogP contribution in [0.2, 0.25) is 0 Å². The Morgan fingerprint density at radius 3 is 3.00 bits per heavy atom. The quantitative estimate of drug-likeness (QED) is 0.556. The van der Waals surface area contributed by atoms with Crippen molar-refractivity contribution in [3.05, 3.63) is 17.7 Å². The Morgan fingerprint density at radius 1 is 1.36 bits per heavy atom. The maximum Gasteiger partial charge on any atom is 0.125 e. The second kappa shape index (κ2) is 2.12. The summed E-state index contributed by atoms with van der Waals surface area (Å²) in [6.07, 6.45) is 2.67. The molecule has 0 aromatic carbocycles. The van der Waals surface area contributed by atoms with Crippen molar-refractivity contribution in [3.63, 3.8) is 0 Å². The third kappa shape index (κ3) is 1.02. The topological polar surface area (TPSA) is 38.1 Å². The van der Waals surface area contributed by atoms with Crippen LogP contribution < -0.4 is 0 Å². The lowest BCUT2D eigenvalue weighted by Gasteiger charge is -1.94. The van der Waals surface area contributed by atoms with E-state index in [0.717, 1.165) is 29.3 Å². The van der Waals surface area contributed by atoms with Gasteiger partial charge in [0.15, 0.2) is 0 Å². The second-order valence-corrected chi connectivity index (χ2v) is 2.77. The van der Waals surface area contributed by atoms with Gasteiger partial charge in [-0.3, -0.25) is 4.99 Å². The molecule has 0 fully saturated rings. The minimum absolute atomic E-state index is 0.827. The molecule has 11 heavy (non-hydrogen) atoms. The van der Waals surface area contributed by atoms with Gasteiger partial charge in [-0.05, 0) is 13.8 Å². The normalized spacial score (nSPS) is 14.5. The van der Waals surface area contributed by atoms with Crippen LogP contribution in [-0.2, 0) is 6.42 Å². The molecule has 0 atom stereocenters. The van der Waals surface area contributed by atoms with Gasteiger partial charge in [0.1, 0.15) is 11.5 Å². The first-order chi connectivity index (χ1) is 5.25. The van der Waals surface area contributed by atoms with Crippen LogP contribution in [0.25, 0.3) is 0 Å². The summed E-state index contributed by atoms with van der Waals surface area (Å²) < 4.78 is 0. The Labute approximate surface area is 65.2 Å². The van der Waals surface area contributed by atoms with Gasteiger partial charge in [-0.1, -0.05) is 0 Å². The number of fused-ring (bicyclic) bond motifs is 1. The van der Waals surface area contributed by atoms with Gasteiger partial charge < -0.3 is 0 Å². The summed E-state index contributed by atoms with van der Waals surface area (Å²) in [4.78, 5) is 12.6. The summed E-state index contributed by atoms with van der Waals surface area (Å²) in [5.74, 6) is 0.827. The summed E-state index contributed by atoms with van der Waals surface area (Å²) >= 11 is 0. The van der Waals surface area contributed by atoms with Crippen molar-refractivity contribution < 1.29 is 0 Å². The molecule has 2 rings (SSSR count). The van der Waals surface area contributed by atoms with Crippen molar-refractivity contribution >= 4 is 11.4 Å². The monoisotopic (exact) mass is 147 g/mol. The zero-order valence-corrected chi connectivity index (χ0v) is 6.63. The summed E-state index contributed by atoms with van der Waals surface area (Å²) in [5, 5.41) is 0. The third-order valence-electron chi connectivity index (χ3n) is 1.70. The lowest BCUT2D eigenvalue weighted by atomic mass is 10.2. The zero-order chi connectivity index (χ0) is 7.84. The van der Waals surface area contributed by atoms with E-state index in [1.165, 1.54) is 0 Å². The van der Waals surface area contributed by atoms with Crippen LogP contribution in [0.15, 0.2) is 11.2 Å². The van der Waals surface area contributed by atoms with Crippen molar-refractivity contribution in [2.75, 3.05) is 0 Å². The van der Waals surface area contributed by atoms with Crippen LogP contribution in [0.4, 0.5) is 5.69 Å². The van der Waals surface area contributed by atoms with Crippen LogP contribution >= 0.6 is 0 Å². The molecule has 0 unspecified atom stereocenters. The Hall–Kier alpha value is -1.25. The van der Waals surface area contributed by atoms with Crippen LogP contribution in [0, 0.1) is 6.92 Å². The third-order valence-corrected chi connectivity index (χ3v) is 1.70. The van der Waals surface area contributed by atoms with E-state index >= 15 is 0 Å². The molecule has 56 valence electrons. The van der Waals surface area contributed by atoms with Gasteiger partial charge in [-0.25, -0.2) is 9.97 Å². The van der Waals surface area contributed by atoms with E-state index in [1.54, 1.807) is 6.20 Å². The highest BCUT2D eigenvalue weighted by Gasteiger charge is 2.12. The first kappa shape index (κ1) is 6.46. The minimum atomic E-state index is 0.827. The summed E-state index contributed by atoms with van der Waals surface area (Å²) in [6.45, 7) is 3.91. The standard InChI is InChI=1S/C8H9N3/c1-5-3-7-8(10-5)4-9-6(2)11-7/h4H,3H2,1-2H3. The van der Waals surface area contributed by atoms with E-state index in [-0.39, 0.29) is 0 Å². The number of hydrogen-bond donors (Lipinski definition) is 0. The fourth-order valence-corrected chi connectivity index (χ4v) is 1.22. The van der Waals surface area contributed by atoms with Crippen molar-refractivity contribution in [3.8, 4) is 0 Å². The largest absolute Gasteiger partial charge is 0.254 e. The fraction of sp³-hybridized carbons (Fsp3) is 0.375. The molecule has 0 aliphatic carbocycles. The average molecular weight is 147 g/mol. The lowest BCUT2D eigenvalue weighted by Crippen LogP contribution is -1.94. The molecule has 0 saturated heterocycles. The molecule has 1 aliphatic heterocycles. The van der Waals surface area contributed by atoms with Gasteiger partial charge in [0.2, 0.25) is 0 Å². The highest BCUT2D eigenvalue weighted by atomic mass is 14.9. The zero-order valence-electron chi connectivity index (χ0n) is 6.63. The molecule has 0 spiro atoms. The van der Waals surface area contributed by atoms with E-state index in [9.17, 15) is 0 Å².